The van der Waals surface area contributed by atoms with Crippen molar-refractivity contribution in [1.82, 2.24) is 4.90 Å². The van der Waals surface area contributed by atoms with Gasteiger partial charge in [0.1, 0.15) is 11.6 Å². The lowest BCUT2D eigenvalue weighted by Gasteiger charge is -2.27. The number of Topliss-reactive ketones (excluding diaryl/α,β-unsaturated/α-hetero) is 1. The largest absolute Gasteiger partial charge is 0.389 e. The molecule has 1 aromatic rings. The third kappa shape index (κ3) is 4.69. The average Bonchev–Trinajstić information content (AvgIpc) is 2.25. The Morgan fingerprint density at radius 3 is 2.26 bits per heavy atom. The van der Waals surface area contributed by atoms with Gasteiger partial charge in [0.2, 0.25) is 0 Å². The maximum absolute atomic E-state index is 13.5. The van der Waals surface area contributed by atoms with Gasteiger partial charge < -0.3 is 5.11 Å². The SMILES string of the molecule is CCN(CC(=O)c1c(F)cccc1F)CC(C)(C)O. The third-order valence-electron chi connectivity index (χ3n) is 2.67. The van der Waals surface area contributed by atoms with Crippen molar-refractivity contribution in [3.8, 4) is 0 Å². The number of likely N-dealkylation sites (N-methyl/N-ethyl adjacent to an activating group) is 1. The quantitative estimate of drug-likeness (QED) is 0.807. The molecule has 1 aromatic carbocycles. The summed E-state index contributed by atoms with van der Waals surface area (Å²) in [6.45, 7) is 5.68. The lowest BCUT2D eigenvalue weighted by atomic mass is 10.1. The molecule has 0 spiro atoms. The zero-order valence-corrected chi connectivity index (χ0v) is 11.4. The Morgan fingerprint density at radius 2 is 1.84 bits per heavy atom. The van der Waals surface area contributed by atoms with E-state index in [1.54, 1.807) is 18.7 Å². The summed E-state index contributed by atoms with van der Waals surface area (Å²) >= 11 is 0. The van der Waals surface area contributed by atoms with E-state index in [1.165, 1.54) is 6.07 Å². The lowest BCUT2D eigenvalue weighted by Crippen LogP contribution is -2.41. The van der Waals surface area contributed by atoms with Crippen LogP contribution in [0.25, 0.3) is 0 Å². The van der Waals surface area contributed by atoms with Crippen molar-refractivity contribution in [3.05, 3.63) is 35.4 Å². The summed E-state index contributed by atoms with van der Waals surface area (Å²) in [6, 6.07) is 3.33. The van der Waals surface area contributed by atoms with E-state index in [0.717, 1.165) is 12.1 Å². The number of benzene rings is 1. The lowest BCUT2D eigenvalue weighted by molar-refractivity contribution is 0.0375. The summed E-state index contributed by atoms with van der Waals surface area (Å²) in [5.41, 5.74) is -1.49. The van der Waals surface area contributed by atoms with Crippen LogP contribution in [-0.2, 0) is 0 Å². The predicted molar refractivity (Wildman–Crippen MR) is 69.1 cm³/mol. The molecule has 1 N–H and O–H groups in total. The normalized spacial score (nSPS) is 11.9. The zero-order chi connectivity index (χ0) is 14.6. The topological polar surface area (TPSA) is 40.5 Å². The fraction of sp³-hybridized carbons (Fsp3) is 0.500. The van der Waals surface area contributed by atoms with E-state index in [4.69, 9.17) is 0 Å². The van der Waals surface area contributed by atoms with Crippen LogP contribution in [0.2, 0.25) is 0 Å². The molecule has 0 aliphatic carbocycles. The van der Waals surface area contributed by atoms with Crippen molar-refractivity contribution >= 4 is 5.78 Å². The molecule has 0 atom stereocenters. The summed E-state index contributed by atoms with van der Waals surface area (Å²) in [6.07, 6.45) is 0. The van der Waals surface area contributed by atoms with Crippen LogP contribution in [0, 0.1) is 11.6 Å². The molecule has 0 aliphatic heterocycles. The Morgan fingerprint density at radius 1 is 1.32 bits per heavy atom. The Kier molecular flexibility index (Phi) is 5.14. The fourth-order valence-corrected chi connectivity index (χ4v) is 1.87. The van der Waals surface area contributed by atoms with Crippen molar-refractivity contribution in [2.45, 2.75) is 26.4 Å². The second kappa shape index (κ2) is 6.21. The summed E-state index contributed by atoms with van der Waals surface area (Å²) < 4.78 is 26.9. The first-order valence-electron chi connectivity index (χ1n) is 6.16. The maximum Gasteiger partial charge on any atom is 0.182 e. The Bertz CT molecular complexity index is 435. The molecule has 0 aliphatic rings. The van der Waals surface area contributed by atoms with Gasteiger partial charge in [-0.3, -0.25) is 9.69 Å². The highest BCUT2D eigenvalue weighted by atomic mass is 19.1. The molecule has 0 amide bonds. The molecular weight excluding hydrogens is 252 g/mol. The molecule has 0 saturated heterocycles. The number of rotatable bonds is 6. The van der Waals surface area contributed by atoms with E-state index in [-0.39, 0.29) is 13.1 Å². The van der Waals surface area contributed by atoms with Gasteiger partial charge in [0, 0.05) is 6.54 Å². The first-order chi connectivity index (χ1) is 8.74. The molecule has 19 heavy (non-hydrogen) atoms. The van der Waals surface area contributed by atoms with Gasteiger partial charge in [0.25, 0.3) is 0 Å². The predicted octanol–water partition coefficient (Wildman–Crippen LogP) is 2.24. The second-order valence-corrected chi connectivity index (χ2v) is 5.14. The second-order valence-electron chi connectivity index (χ2n) is 5.14. The Hall–Kier alpha value is -1.33. The van der Waals surface area contributed by atoms with Crippen LogP contribution < -0.4 is 0 Å². The van der Waals surface area contributed by atoms with Crippen molar-refractivity contribution in [1.29, 1.82) is 0 Å². The number of nitrogens with zero attached hydrogens (tertiary/aromatic N) is 1. The van der Waals surface area contributed by atoms with Crippen molar-refractivity contribution in [3.63, 3.8) is 0 Å². The number of halogens is 2. The Balaban J connectivity index is 2.84. The summed E-state index contributed by atoms with van der Waals surface area (Å²) in [4.78, 5) is 13.6. The molecule has 0 bridgehead atoms. The average molecular weight is 271 g/mol. The first-order valence-corrected chi connectivity index (χ1v) is 6.16. The minimum atomic E-state index is -0.968. The standard InChI is InChI=1S/C14H19F2NO2/c1-4-17(9-14(2,3)19)8-12(18)13-10(15)6-5-7-11(13)16/h5-7,19H,4,8-9H2,1-3H3. The fourth-order valence-electron chi connectivity index (χ4n) is 1.87. The van der Waals surface area contributed by atoms with Crippen molar-refractivity contribution in [2.24, 2.45) is 0 Å². The van der Waals surface area contributed by atoms with Gasteiger partial charge in [0.05, 0.1) is 17.7 Å². The minimum absolute atomic E-state index is 0.127. The molecule has 3 nitrogen and oxygen atoms in total. The van der Waals surface area contributed by atoms with Crippen LogP contribution in [0.3, 0.4) is 0 Å². The first kappa shape index (κ1) is 15.7. The number of hydrogen-bond acceptors (Lipinski definition) is 3. The summed E-state index contributed by atoms with van der Waals surface area (Å²) in [5, 5.41) is 9.71. The number of aliphatic hydroxyl groups is 1. The van der Waals surface area contributed by atoms with Gasteiger partial charge in [-0.2, -0.15) is 0 Å². The highest BCUT2D eigenvalue weighted by Gasteiger charge is 2.22. The zero-order valence-electron chi connectivity index (χ0n) is 11.4. The van der Waals surface area contributed by atoms with E-state index in [0.29, 0.717) is 6.54 Å². The van der Waals surface area contributed by atoms with E-state index in [1.807, 2.05) is 6.92 Å². The van der Waals surface area contributed by atoms with Gasteiger partial charge in [-0.1, -0.05) is 13.0 Å². The monoisotopic (exact) mass is 271 g/mol. The van der Waals surface area contributed by atoms with Crippen LogP contribution >= 0.6 is 0 Å². The molecule has 0 heterocycles. The molecule has 0 radical (unpaired) electrons. The minimum Gasteiger partial charge on any atom is -0.389 e. The highest BCUT2D eigenvalue weighted by Crippen LogP contribution is 2.14. The van der Waals surface area contributed by atoms with E-state index < -0.39 is 28.6 Å². The Labute approximate surface area is 111 Å². The van der Waals surface area contributed by atoms with Crippen molar-refractivity contribution in [2.75, 3.05) is 19.6 Å². The van der Waals surface area contributed by atoms with Gasteiger partial charge in [0.15, 0.2) is 5.78 Å². The molecule has 1 rings (SSSR count). The third-order valence-corrected chi connectivity index (χ3v) is 2.67. The van der Waals surface area contributed by atoms with Gasteiger partial charge in [-0.05, 0) is 32.5 Å². The molecule has 0 aromatic heterocycles. The van der Waals surface area contributed by atoms with Crippen LogP contribution in [0.1, 0.15) is 31.1 Å². The molecule has 0 saturated carbocycles. The van der Waals surface area contributed by atoms with Crippen LogP contribution in [0.15, 0.2) is 18.2 Å². The highest BCUT2D eigenvalue weighted by molar-refractivity contribution is 5.98. The van der Waals surface area contributed by atoms with E-state index >= 15 is 0 Å². The van der Waals surface area contributed by atoms with Gasteiger partial charge in [-0.15, -0.1) is 0 Å². The summed E-state index contributed by atoms with van der Waals surface area (Å²) in [7, 11) is 0. The summed E-state index contributed by atoms with van der Waals surface area (Å²) in [5.74, 6) is -2.34. The van der Waals surface area contributed by atoms with Crippen LogP contribution in [0.4, 0.5) is 8.78 Å². The number of hydrogen-bond donors (Lipinski definition) is 1. The van der Waals surface area contributed by atoms with Gasteiger partial charge >= 0.3 is 0 Å². The molecule has 106 valence electrons. The van der Waals surface area contributed by atoms with E-state index in [2.05, 4.69) is 0 Å². The van der Waals surface area contributed by atoms with E-state index in [9.17, 15) is 18.7 Å². The molecule has 0 unspecified atom stereocenters. The molecule has 5 heteroatoms. The number of carbonyl (C=O) groups excluding carboxylic acids is 1. The van der Waals surface area contributed by atoms with Crippen LogP contribution in [-0.4, -0.2) is 41.0 Å². The van der Waals surface area contributed by atoms with Gasteiger partial charge in [-0.25, -0.2) is 8.78 Å². The maximum atomic E-state index is 13.5. The number of ketones is 1. The van der Waals surface area contributed by atoms with Crippen LogP contribution in [0.5, 0.6) is 0 Å². The molecule has 0 fully saturated rings. The smallest absolute Gasteiger partial charge is 0.182 e. The molecular formula is C14H19F2NO2. The number of carbonyl (C=O) groups is 1. The van der Waals surface area contributed by atoms with Crippen molar-refractivity contribution < 1.29 is 18.7 Å².